The number of nitrogens with two attached hydrogens (primary N) is 1. The minimum Gasteiger partial charge on any atom is -0.476 e. The first-order valence-electron chi connectivity index (χ1n) is 7.62. The van der Waals surface area contributed by atoms with Crippen molar-refractivity contribution >= 4 is 23.3 Å². The first-order valence-corrected chi connectivity index (χ1v) is 7.62. The van der Waals surface area contributed by atoms with Gasteiger partial charge in [-0.25, -0.2) is 14.2 Å². The van der Waals surface area contributed by atoms with Gasteiger partial charge in [-0.1, -0.05) is 18.2 Å². The molecule has 1 heterocycles. The van der Waals surface area contributed by atoms with Gasteiger partial charge >= 0.3 is 5.97 Å². The third-order valence-corrected chi connectivity index (χ3v) is 3.67. The second-order valence-electron chi connectivity index (χ2n) is 5.45. The fourth-order valence-corrected chi connectivity index (χ4v) is 2.38. The molecule has 3 aromatic rings. The fraction of sp³-hybridized carbons (Fsp3) is 0. The van der Waals surface area contributed by atoms with Crippen LogP contribution in [0.15, 0.2) is 60.7 Å². The van der Waals surface area contributed by atoms with Crippen LogP contribution in [0.25, 0.3) is 11.3 Å². The monoisotopic (exact) mass is 351 g/mol. The number of hydrogen-bond donors (Lipinski definition) is 3. The minimum atomic E-state index is -1.32. The first-order chi connectivity index (χ1) is 12.5. The molecule has 0 fully saturated rings. The van der Waals surface area contributed by atoms with Crippen LogP contribution in [0.1, 0.15) is 20.8 Å². The van der Waals surface area contributed by atoms with Crippen LogP contribution in [0.3, 0.4) is 0 Å². The molecule has 0 aliphatic rings. The number of aromatic carboxylic acids is 1. The molecule has 0 atom stereocenters. The summed E-state index contributed by atoms with van der Waals surface area (Å²) in [5.74, 6) is -2.37. The highest BCUT2D eigenvalue weighted by atomic mass is 19.1. The summed E-state index contributed by atoms with van der Waals surface area (Å²) in [6, 6.07) is 15.3. The SMILES string of the molecule is Nc1ccc(-c2cc(C(=O)Nc3ccccc3)ccc2F)nc1C(=O)O. The van der Waals surface area contributed by atoms with E-state index < -0.39 is 17.7 Å². The molecule has 1 amide bonds. The van der Waals surface area contributed by atoms with Gasteiger partial charge in [0.25, 0.3) is 5.91 Å². The number of rotatable bonds is 4. The number of halogens is 1. The van der Waals surface area contributed by atoms with Gasteiger partial charge < -0.3 is 16.2 Å². The smallest absolute Gasteiger partial charge is 0.356 e. The number of benzene rings is 2. The number of nitrogens with zero attached hydrogens (tertiary/aromatic N) is 1. The maximum atomic E-state index is 14.2. The highest BCUT2D eigenvalue weighted by Gasteiger charge is 2.16. The lowest BCUT2D eigenvalue weighted by atomic mass is 10.1. The summed E-state index contributed by atoms with van der Waals surface area (Å²) < 4.78 is 14.2. The van der Waals surface area contributed by atoms with Crippen LogP contribution < -0.4 is 11.1 Å². The number of amides is 1. The molecule has 0 bridgehead atoms. The van der Waals surface area contributed by atoms with E-state index in [1.54, 1.807) is 24.3 Å². The third kappa shape index (κ3) is 3.51. The van der Waals surface area contributed by atoms with Crippen LogP contribution in [0, 0.1) is 5.82 Å². The van der Waals surface area contributed by atoms with Crippen molar-refractivity contribution in [3.05, 3.63) is 77.7 Å². The van der Waals surface area contributed by atoms with Crippen LogP contribution in [0.5, 0.6) is 0 Å². The molecule has 7 heteroatoms. The zero-order valence-electron chi connectivity index (χ0n) is 13.4. The molecule has 0 spiro atoms. The van der Waals surface area contributed by atoms with Crippen LogP contribution in [0.4, 0.5) is 15.8 Å². The number of carbonyl (C=O) groups excluding carboxylic acids is 1. The van der Waals surface area contributed by atoms with E-state index in [0.717, 1.165) is 6.07 Å². The van der Waals surface area contributed by atoms with Gasteiger partial charge in [0.2, 0.25) is 0 Å². The number of anilines is 2. The summed E-state index contributed by atoms with van der Waals surface area (Å²) in [5, 5.41) is 11.8. The predicted molar refractivity (Wildman–Crippen MR) is 95.4 cm³/mol. The van der Waals surface area contributed by atoms with Gasteiger partial charge in [-0.15, -0.1) is 0 Å². The Balaban J connectivity index is 1.97. The van der Waals surface area contributed by atoms with E-state index in [-0.39, 0.29) is 28.2 Å². The first kappa shape index (κ1) is 17.1. The molecule has 0 saturated carbocycles. The van der Waals surface area contributed by atoms with Gasteiger partial charge in [0, 0.05) is 16.8 Å². The Hall–Kier alpha value is -3.74. The summed E-state index contributed by atoms with van der Waals surface area (Å²) in [6.45, 7) is 0. The molecular weight excluding hydrogens is 337 g/mol. The number of hydrogen-bond acceptors (Lipinski definition) is 4. The Labute approximate surface area is 148 Å². The van der Waals surface area contributed by atoms with E-state index in [0.29, 0.717) is 5.69 Å². The van der Waals surface area contributed by atoms with Crippen molar-refractivity contribution in [1.29, 1.82) is 0 Å². The quantitative estimate of drug-likeness (QED) is 0.668. The van der Waals surface area contributed by atoms with E-state index in [4.69, 9.17) is 10.8 Å². The molecule has 0 aliphatic heterocycles. The normalized spacial score (nSPS) is 10.3. The number of nitrogen functional groups attached to an aromatic ring is 1. The van der Waals surface area contributed by atoms with Gasteiger partial charge in [0.1, 0.15) is 5.82 Å². The van der Waals surface area contributed by atoms with Crippen LogP contribution >= 0.6 is 0 Å². The Morgan fingerprint density at radius 3 is 2.46 bits per heavy atom. The molecule has 3 rings (SSSR count). The molecule has 2 aromatic carbocycles. The van der Waals surface area contributed by atoms with Crippen molar-refractivity contribution in [3.8, 4) is 11.3 Å². The van der Waals surface area contributed by atoms with Crippen molar-refractivity contribution in [1.82, 2.24) is 4.98 Å². The summed E-state index contributed by atoms with van der Waals surface area (Å²) in [7, 11) is 0. The molecule has 6 nitrogen and oxygen atoms in total. The third-order valence-electron chi connectivity index (χ3n) is 3.67. The number of aromatic nitrogens is 1. The molecule has 0 aliphatic carbocycles. The molecule has 1 aromatic heterocycles. The van der Waals surface area contributed by atoms with E-state index in [2.05, 4.69) is 10.3 Å². The molecular formula is C19H14FN3O3. The number of carboxylic acids is 1. The van der Waals surface area contributed by atoms with E-state index >= 15 is 0 Å². The number of pyridine rings is 1. The van der Waals surface area contributed by atoms with Crippen molar-refractivity contribution in [2.45, 2.75) is 0 Å². The van der Waals surface area contributed by atoms with Crippen molar-refractivity contribution < 1.29 is 19.1 Å². The van der Waals surface area contributed by atoms with E-state index in [1.807, 2.05) is 6.07 Å². The van der Waals surface area contributed by atoms with E-state index in [9.17, 15) is 14.0 Å². The lowest BCUT2D eigenvalue weighted by molar-refractivity contribution is 0.0691. The van der Waals surface area contributed by atoms with Crippen molar-refractivity contribution in [3.63, 3.8) is 0 Å². The number of para-hydroxylation sites is 1. The Morgan fingerprint density at radius 1 is 1.04 bits per heavy atom. The summed E-state index contributed by atoms with van der Waals surface area (Å²) >= 11 is 0. The average molecular weight is 351 g/mol. The molecule has 0 radical (unpaired) electrons. The lowest BCUT2D eigenvalue weighted by Crippen LogP contribution is -2.12. The minimum absolute atomic E-state index is 0.00760. The Bertz CT molecular complexity index is 991. The zero-order chi connectivity index (χ0) is 18.7. The van der Waals surface area contributed by atoms with Crippen LogP contribution in [0.2, 0.25) is 0 Å². The average Bonchev–Trinajstić information content (AvgIpc) is 2.63. The molecule has 130 valence electrons. The van der Waals surface area contributed by atoms with Gasteiger partial charge in [-0.05, 0) is 42.5 Å². The standard InChI is InChI=1S/C19H14FN3O3/c20-14-7-6-11(18(24)22-12-4-2-1-3-5-12)10-13(14)16-9-8-15(21)17(23-16)19(25)26/h1-10H,21H2,(H,22,24)(H,25,26). The highest BCUT2D eigenvalue weighted by Crippen LogP contribution is 2.25. The summed E-state index contributed by atoms with van der Waals surface area (Å²) in [5.41, 5.74) is 6.06. The van der Waals surface area contributed by atoms with Gasteiger partial charge in [0.05, 0.1) is 11.4 Å². The maximum absolute atomic E-state index is 14.2. The summed E-state index contributed by atoms with van der Waals surface area (Å²) in [6.07, 6.45) is 0. The molecule has 26 heavy (non-hydrogen) atoms. The number of carbonyl (C=O) groups is 2. The second kappa shape index (κ2) is 7.02. The number of carboxylic acid groups (broad SMARTS) is 1. The second-order valence-corrected chi connectivity index (χ2v) is 5.45. The highest BCUT2D eigenvalue weighted by molar-refractivity contribution is 6.05. The predicted octanol–water partition coefficient (Wildman–Crippen LogP) is 3.42. The maximum Gasteiger partial charge on any atom is 0.356 e. The van der Waals surface area contributed by atoms with E-state index in [1.165, 1.54) is 24.3 Å². The topological polar surface area (TPSA) is 105 Å². The largest absolute Gasteiger partial charge is 0.476 e. The van der Waals surface area contributed by atoms with Crippen LogP contribution in [-0.4, -0.2) is 22.0 Å². The number of nitrogens with one attached hydrogen (secondary N) is 1. The van der Waals surface area contributed by atoms with Crippen molar-refractivity contribution in [2.75, 3.05) is 11.1 Å². The zero-order valence-corrected chi connectivity index (χ0v) is 13.4. The van der Waals surface area contributed by atoms with Gasteiger partial charge in [-0.3, -0.25) is 4.79 Å². The van der Waals surface area contributed by atoms with Gasteiger partial charge in [0.15, 0.2) is 5.69 Å². The summed E-state index contributed by atoms with van der Waals surface area (Å²) in [4.78, 5) is 27.4. The molecule has 0 unspecified atom stereocenters. The van der Waals surface area contributed by atoms with Crippen LogP contribution in [-0.2, 0) is 0 Å². The fourth-order valence-electron chi connectivity index (χ4n) is 2.38. The lowest BCUT2D eigenvalue weighted by Gasteiger charge is -2.09. The Kier molecular flexibility index (Phi) is 4.62. The Morgan fingerprint density at radius 2 is 1.77 bits per heavy atom. The molecule has 4 N–H and O–H groups in total. The van der Waals surface area contributed by atoms with Crippen molar-refractivity contribution in [2.24, 2.45) is 0 Å². The van der Waals surface area contributed by atoms with Gasteiger partial charge in [-0.2, -0.15) is 0 Å². The molecule has 0 saturated heterocycles.